The van der Waals surface area contributed by atoms with E-state index in [2.05, 4.69) is 10.3 Å². The third-order valence-corrected chi connectivity index (χ3v) is 3.13. The van der Waals surface area contributed by atoms with Gasteiger partial charge in [0.25, 0.3) is 17.2 Å². The minimum Gasteiger partial charge on any atom is -0.345 e. The molecule has 0 aliphatic rings. The molecule has 0 spiro atoms. The number of hydrogen-bond acceptors (Lipinski definition) is 4. The molecule has 0 fully saturated rings. The molecule has 2 N–H and O–H groups in total. The molecule has 1 amide bonds. The van der Waals surface area contributed by atoms with Crippen molar-refractivity contribution < 1.29 is 18.5 Å². The Morgan fingerprint density at radius 2 is 2.00 bits per heavy atom. The maximum Gasteiger partial charge on any atom is 0.286 e. The summed E-state index contributed by atoms with van der Waals surface area (Å²) in [6.07, 6.45) is 0.873. The molecule has 1 aromatic heterocycles. The monoisotopic (exact) mass is 323 g/mol. The predicted molar refractivity (Wildman–Crippen MR) is 76.0 cm³/mol. The van der Waals surface area contributed by atoms with Crippen molar-refractivity contribution in [1.29, 1.82) is 0 Å². The number of hydrogen-bond donors (Lipinski definition) is 2. The van der Waals surface area contributed by atoms with E-state index in [9.17, 15) is 28.5 Å². The van der Waals surface area contributed by atoms with Crippen LogP contribution in [0.25, 0.3) is 0 Å². The van der Waals surface area contributed by atoms with E-state index in [4.69, 9.17) is 0 Å². The molecule has 0 saturated heterocycles. The molecule has 0 unspecified atom stereocenters. The number of benzene rings is 1. The predicted octanol–water partition coefficient (Wildman–Crippen LogP) is 2.05. The number of aromatic amines is 1. The molecule has 0 bridgehead atoms. The molecule has 120 valence electrons. The summed E-state index contributed by atoms with van der Waals surface area (Å²) in [6.45, 7) is 1.50. The second-order valence-corrected chi connectivity index (χ2v) is 4.73. The van der Waals surface area contributed by atoms with Gasteiger partial charge in [0.1, 0.15) is 5.56 Å². The third kappa shape index (κ3) is 3.57. The van der Waals surface area contributed by atoms with E-state index in [0.717, 1.165) is 24.4 Å². The van der Waals surface area contributed by atoms with Gasteiger partial charge in [0.2, 0.25) is 0 Å². The number of rotatable bonds is 4. The van der Waals surface area contributed by atoms with Crippen molar-refractivity contribution in [3.63, 3.8) is 0 Å². The number of nitro groups is 1. The number of aromatic nitrogens is 1. The van der Waals surface area contributed by atoms with Crippen molar-refractivity contribution in [2.75, 3.05) is 0 Å². The van der Waals surface area contributed by atoms with E-state index >= 15 is 0 Å². The lowest BCUT2D eigenvalue weighted by molar-refractivity contribution is -0.385. The van der Waals surface area contributed by atoms with Gasteiger partial charge in [-0.25, -0.2) is 8.78 Å². The van der Waals surface area contributed by atoms with Crippen molar-refractivity contribution in [1.82, 2.24) is 10.3 Å². The zero-order valence-corrected chi connectivity index (χ0v) is 11.8. The van der Waals surface area contributed by atoms with Gasteiger partial charge in [0.15, 0.2) is 11.6 Å². The maximum atomic E-state index is 13.2. The Morgan fingerprint density at radius 3 is 2.61 bits per heavy atom. The van der Waals surface area contributed by atoms with Gasteiger partial charge in [0, 0.05) is 6.07 Å². The van der Waals surface area contributed by atoms with E-state index in [1.54, 1.807) is 0 Å². The van der Waals surface area contributed by atoms with Crippen molar-refractivity contribution >= 4 is 11.6 Å². The fraction of sp³-hybridized carbons (Fsp3) is 0.143. The first kappa shape index (κ1) is 16.3. The second-order valence-electron chi connectivity index (χ2n) is 4.73. The van der Waals surface area contributed by atoms with Crippen LogP contribution < -0.4 is 10.9 Å². The summed E-state index contributed by atoms with van der Waals surface area (Å²) in [6, 6.07) is 3.20. The molecule has 1 aromatic carbocycles. The Kier molecular flexibility index (Phi) is 4.49. The quantitative estimate of drug-likeness (QED) is 0.663. The van der Waals surface area contributed by atoms with Crippen molar-refractivity contribution in [2.24, 2.45) is 0 Å². The van der Waals surface area contributed by atoms with Gasteiger partial charge in [-0.15, -0.1) is 0 Å². The van der Waals surface area contributed by atoms with Gasteiger partial charge in [-0.3, -0.25) is 19.7 Å². The minimum absolute atomic E-state index is 0.277. The Labute approximate surface area is 128 Å². The normalized spacial score (nSPS) is 11.8. The van der Waals surface area contributed by atoms with Gasteiger partial charge in [0.05, 0.1) is 17.2 Å². The number of carbonyl (C=O) groups is 1. The van der Waals surface area contributed by atoms with Crippen LogP contribution in [0.5, 0.6) is 0 Å². The first-order valence-electron chi connectivity index (χ1n) is 6.42. The molecular weight excluding hydrogens is 312 g/mol. The number of H-pyrrole nitrogens is 1. The molecule has 0 radical (unpaired) electrons. The van der Waals surface area contributed by atoms with Crippen LogP contribution in [0.4, 0.5) is 14.5 Å². The molecule has 1 heterocycles. The minimum atomic E-state index is -1.07. The van der Waals surface area contributed by atoms with Crippen LogP contribution in [-0.2, 0) is 0 Å². The number of nitrogens with zero attached hydrogens (tertiary/aromatic N) is 1. The van der Waals surface area contributed by atoms with E-state index in [-0.39, 0.29) is 5.56 Å². The zero-order valence-electron chi connectivity index (χ0n) is 11.8. The highest BCUT2D eigenvalue weighted by atomic mass is 19.2. The van der Waals surface area contributed by atoms with Crippen molar-refractivity contribution in [3.05, 3.63) is 73.7 Å². The smallest absolute Gasteiger partial charge is 0.286 e. The molecular formula is C14H11F2N3O4. The average Bonchev–Trinajstić information content (AvgIpc) is 2.49. The fourth-order valence-electron chi connectivity index (χ4n) is 1.89. The lowest BCUT2D eigenvalue weighted by Crippen LogP contribution is -2.31. The largest absolute Gasteiger partial charge is 0.345 e. The molecule has 9 heteroatoms. The summed E-state index contributed by atoms with van der Waals surface area (Å²) >= 11 is 0. The highest BCUT2D eigenvalue weighted by Gasteiger charge is 2.19. The maximum absolute atomic E-state index is 13.2. The van der Waals surface area contributed by atoms with E-state index in [1.807, 2.05) is 0 Å². The zero-order chi connectivity index (χ0) is 17.1. The molecule has 2 rings (SSSR count). The summed E-state index contributed by atoms with van der Waals surface area (Å²) < 4.78 is 26.1. The summed E-state index contributed by atoms with van der Waals surface area (Å²) in [7, 11) is 0. The van der Waals surface area contributed by atoms with E-state index in [0.29, 0.717) is 0 Å². The van der Waals surface area contributed by atoms with Crippen molar-refractivity contribution in [3.8, 4) is 0 Å². The van der Waals surface area contributed by atoms with Gasteiger partial charge < -0.3 is 10.3 Å². The van der Waals surface area contributed by atoms with Crippen LogP contribution in [0.1, 0.15) is 28.9 Å². The average molecular weight is 323 g/mol. The summed E-state index contributed by atoms with van der Waals surface area (Å²) in [5.41, 5.74) is -1.42. The summed E-state index contributed by atoms with van der Waals surface area (Å²) in [5, 5.41) is 13.1. The van der Waals surface area contributed by atoms with Crippen LogP contribution in [0, 0.1) is 21.7 Å². The van der Waals surface area contributed by atoms with Crippen LogP contribution in [0.3, 0.4) is 0 Å². The molecule has 0 aliphatic carbocycles. The standard InChI is InChI=1S/C14H11F2N3O4/c1-7(8-2-3-11(15)12(16)4-8)18-14(21)10-5-9(19(22)23)6-17-13(10)20/h2-7H,1H3,(H,17,20)(H,18,21)/t7-/m1/s1. The lowest BCUT2D eigenvalue weighted by Gasteiger charge is -2.14. The van der Waals surface area contributed by atoms with Gasteiger partial charge in [-0.2, -0.15) is 0 Å². The van der Waals surface area contributed by atoms with E-state index < -0.39 is 45.3 Å². The molecule has 23 heavy (non-hydrogen) atoms. The Balaban J connectivity index is 2.24. The summed E-state index contributed by atoms with van der Waals surface area (Å²) in [5.74, 6) is -2.97. The Hall–Kier alpha value is -3.10. The SMILES string of the molecule is C[C@@H](NC(=O)c1cc([N+](=O)[O-])c[nH]c1=O)c1ccc(F)c(F)c1. The fourth-order valence-corrected chi connectivity index (χ4v) is 1.89. The topological polar surface area (TPSA) is 105 Å². The number of carbonyl (C=O) groups excluding carboxylic acids is 1. The van der Waals surface area contributed by atoms with Gasteiger partial charge >= 0.3 is 0 Å². The van der Waals surface area contributed by atoms with Crippen LogP contribution in [-0.4, -0.2) is 15.8 Å². The first-order chi connectivity index (χ1) is 10.8. The highest BCUT2D eigenvalue weighted by molar-refractivity contribution is 5.94. The highest BCUT2D eigenvalue weighted by Crippen LogP contribution is 2.16. The number of nitrogens with one attached hydrogen (secondary N) is 2. The van der Waals surface area contributed by atoms with Crippen LogP contribution in [0.15, 0.2) is 35.3 Å². The van der Waals surface area contributed by atoms with E-state index in [1.165, 1.54) is 13.0 Å². The lowest BCUT2D eigenvalue weighted by atomic mass is 10.1. The third-order valence-electron chi connectivity index (χ3n) is 3.13. The molecule has 0 saturated carbocycles. The molecule has 7 nitrogen and oxygen atoms in total. The number of halogens is 2. The van der Waals surface area contributed by atoms with Gasteiger partial charge in [-0.1, -0.05) is 6.07 Å². The van der Waals surface area contributed by atoms with Crippen LogP contribution >= 0.6 is 0 Å². The molecule has 1 atom stereocenters. The number of amides is 1. The number of pyridine rings is 1. The second kappa shape index (κ2) is 6.34. The summed E-state index contributed by atoms with van der Waals surface area (Å²) in [4.78, 5) is 35.7. The van der Waals surface area contributed by atoms with Gasteiger partial charge in [-0.05, 0) is 24.6 Å². The first-order valence-corrected chi connectivity index (χ1v) is 6.42. The van der Waals surface area contributed by atoms with Crippen LogP contribution in [0.2, 0.25) is 0 Å². The molecule has 0 aliphatic heterocycles. The Morgan fingerprint density at radius 1 is 1.30 bits per heavy atom. The van der Waals surface area contributed by atoms with Crippen molar-refractivity contribution in [2.45, 2.75) is 13.0 Å². The molecule has 2 aromatic rings. The Bertz CT molecular complexity index is 835.